The van der Waals surface area contributed by atoms with Gasteiger partial charge in [-0.2, -0.15) is 0 Å². The first kappa shape index (κ1) is 24.9. The van der Waals surface area contributed by atoms with Crippen molar-refractivity contribution in [2.75, 3.05) is 33.5 Å². The van der Waals surface area contributed by atoms with Gasteiger partial charge in [-0.15, -0.1) is 0 Å². The fraction of sp³-hybridized carbons (Fsp3) is 0.769. The van der Waals surface area contributed by atoms with Gasteiger partial charge in [-0.3, -0.25) is 19.4 Å². The first-order chi connectivity index (χ1) is 16.5. The summed E-state index contributed by atoms with van der Waals surface area (Å²) in [6, 6.07) is -0.0764. The van der Waals surface area contributed by atoms with E-state index in [0.717, 1.165) is 55.8 Å². The lowest BCUT2D eigenvalue weighted by Gasteiger charge is -2.36. The summed E-state index contributed by atoms with van der Waals surface area (Å²) in [6.07, 6.45) is 7.64. The number of nitrogens with one attached hydrogen (secondary N) is 1. The average molecular weight is 475 g/mol. The molecule has 0 bridgehead atoms. The van der Waals surface area contributed by atoms with E-state index in [4.69, 9.17) is 19.2 Å². The van der Waals surface area contributed by atoms with E-state index in [0.29, 0.717) is 51.7 Å². The summed E-state index contributed by atoms with van der Waals surface area (Å²) in [4.78, 5) is 42.1. The van der Waals surface area contributed by atoms with Crippen LogP contribution in [-0.4, -0.2) is 63.1 Å². The van der Waals surface area contributed by atoms with Gasteiger partial charge in [0.1, 0.15) is 0 Å². The molecule has 4 aliphatic rings. The zero-order valence-electron chi connectivity index (χ0n) is 20.5. The minimum atomic E-state index is -0.182. The molecule has 8 heteroatoms. The molecule has 1 atom stereocenters. The molecule has 4 rings (SSSR count). The molecule has 1 N–H and O–H groups in total. The van der Waals surface area contributed by atoms with Gasteiger partial charge in [0.25, 0.3) is 0 Å². The van der Waals surface area contributed by atoms with E-state index in [-0.39, 0.29) is 41.1 Å². The Morgan fingerprint density at radius 3 is 2.44 bits per heavy atom. The zero-order valence-corrected chi connectivity index (χ0v) is 20.5. The number of hydrogen-bond acceptors (Lipinski definition) is 7. The summed E-state index contributed by atoms with van der Waals surface area (Å²) in [7, 11) is 1.41. The van der Waals surface area contributed by atoms with Crippen molar-refractivity contribution in [3.05, 3.63) is 11.1 Å². The number of rotatable bonds is 7. The van der Waals surface area contributed by atoms with Crippen LogP contribution in [-0.2, 0) is 28.6 Å². The monoisotopic (exact) mass is 474 g/mol. The number of esters is 2. The van der Waals surface area contributed by atoms with Gasteiger partial charge in [-0.25, -0.2) is 0 Å². The van der Waals surface area contributed by atoms with Crippen LogP contribution in [0.2, 0.25) is 0 Å². The number of methoxy groups -OCH3 is 1. The predicted octanol–water partition coefficient (Wildman–Crippen LogP) is 3.14. The third-order valence-corrected chi connectivity index (χ3v) is 8.08. The second kappa shape index (κ2) is 11.0. The average Bonchev–Trinajstić information content (AvgIpc) is 3.15. The van der Waals surface area contributed by atoms with E-state index in [2.05, 4.69) is 12.2 Å². The standard InChI is InChI=1S/C26H38N2O6/c1-3-20-22-19(15-26(16-27-23(22)29)10-13-33-14-11-26)21(28-20)5-4-12-34-25(31)18-8-6-17(7-9-18)24(30)32-2/h17-18,20H,3-16H2,1-2H3,(H,27,29). The minimum absolute atomic E-state index is 0.0259. The van der Waals surface area contributed by atoms with Crippen LogP contribution in [0.1, 0.15) is 71.1 Å². The Morgan fingerprint density at radius 2 is 1.79 bits per heavy atom. The number of ether oxygens (including phenoxy) is 3. The molecule has 1 spiro atoms. The molecule has 8 nitrogen and oxygen atoms in total. The normalized spacial score (nSPS) is 28.6. The third-order valence-electron chi connectivity index (χ3n) is 8.08. The molecular formula is C26H38N2O6. The van der Waals surface area contributed by atoms with Crippen LogP contribution in [0.5, 0.6) is 0 Å². The first-order valence-electron chi connectivity index (χ1n) is 12.9. The van der Waals surface area contributed by atoms with Crippen molar-refractivity contribution >= 4 is 23.6 Å². The summed E-state index contributed by atoms with van der Waals surface area (Å²) in [5.74, 6) is -0.560. The molecule has 1 amide bonds. The van der Waals surface area contributed by atoms with Crippen molar-refractivity contribution in [2.24, 2.45) is 22.2 Å². The second-order valence-electron chi connectivity index (χ2n) is 10.2. The molecule has 0 radical (unpaired) electrons. The number of carbonyl (C=O) groups is 3. The molecule has 1 aliphatic carbocycles. The molecule has 2 fully saturated rings. The summed E-state index contributed by atoms with van der Waals surface area (Å²) in [5.41, 5.74) is 3.03. The van der Waals surface area contributed by atoms with Crippen molar-refractivity contribution in [3.63, 3.8) is 0 Å². The van der Waals surface area contributed by atoms with Crippen molar-refractivity contribution in [1.29, 1.82) is 0 Å². The fourth-order valence-electron chi connectivity index (χ4n) is 5.90. The molecule has 3 aliphatic heterocycles. The van der Waals surface area contributed by atoms with Gasteiger partial charge in [0, 0.05) is 31.0 Å². The Morgan fingerprint density at radius 1 is 1.12 bits per heavy atom. The van der Waals surface area contributed by atoms with E-state index in [9.17, 15) is 14.4 Å². The van der Waals surface area contributed by atoms with Crippen LogP contribution in [0.4, 0.5) is 0 Å². The van der Waals surface area contributed by atoms with Crippen LogP contribution < -0.4 is 5.32 Å². The van der Waals surface area contributed by atoms with Crippen molar-refractivity contribution in [3.8, 4) is 0 Å². The van der Waals surface area contributed by atoms with Crippen LogP contribution in [0, 0.1) is 17.3 Å². The predicted molar refractivity (Wildman–Crippen MR) is 126 cm³/mol. The van der Waals surface area contributed by atoms with Gasteiger partial charge in [0.2, 0.25) is 5.91 Å². The summed E-state index contributed by atoms with van der Waals surface area (Å²) in [5, 5.41) is 3.17. The van der Waals surface area contributed by atoms with E-state index in [1.54, 1.807) is 0 Å². The fourth-order valence-corrected chi connectivity index (χ4v) is 5.90. The van der Waals surface area contributed by atoms with Gasteiger partial charge in [-0.05, 0) is 75.2 Å². The SMILES string of the molecule is CCC1N=C(CCCOC(=O)C2CCC(C(=O)OC)CC2)C2=C1C(=O)NCC1(CCOCC1)C2. The highest BCUT2D eigenvalue weighted by Gasteiger charge is 2.42. The van der Waals surface area contributed by atoms with E-state index < -0.39 is 0 Å². The third kappa shape index (κ3) is 5.37. The highest BCUT2D eigenvalue weighted by Crippen LogP contribution is 2.42. The molecule has 0 aromatic rings. The Labute approximate surface area is 201 Å². The molecule has 188 valence electrons. The van der Waals surface area contributed by atoms with E-state index in [1.807, 2.05) is 0 Å². The van der Waals surface area contributed by atoms with Crippen molar-refractivity contribution in [1.82, 2.24) is 5.32 Å². The van der Waals surface area contributed by atoms with E-state index >= 15 is 0 Å². The highest BCUT2D eigenvalue weighted by molar-refractivity contribution is 6.12. The Balaban J connectivity index is 1.31. The quantitative estimate of drug-likeness (QED) is 0.449. The molecular weight excluding hydrogens is 436 g/mol. The molecule has 1 unspecified atom stereocenters. The number of allylic oxidation sites excluding steroid dienone is 1. The maximum atomic E-state index is 12.9. The van der Waals surface area contributed by atoms with Gasteiger partial charge in [0.05, 0.1) is 31.6 Å². The van der Waals surface area contributed by atoms with Gasteiger partial charge in [0.15, 0.2) is 0 Å². The van der Waals surface area contributed by atoms with Crippen LogP contribution in [0.25, 0.3) is 0 Å². The first-order valence-corrected chi connectivity index (χ1v) is 12.9. The number of carbonyl (C=O) groups excluding carboxylic acids is 3. The van der Waals surface area contributed by atoms with Gasteiger partial charge in [-0.1, -0.05) is 6.92 Å². The Bertz CT molecular complexity index is 849. The number of aliphatic imine (C=N–C) groups is 1. The van der Waals surface area contributed by atoms with Gasteiger partial charge >= 0.3 is 11.9 Å². The molecule has 3 heterocycles. The molecule has 1 saturated carbocycles. The number of nitrogens with zero attached hydrogens (tertiary/aromatic N) is 1. The summed E-state index contributed by atoms with van der Waals surface area (Å²) in [6.45, 7) is 4.58. The zero-order chi connectivity index (χ0) is 24.1. The molecule has 0 aromatic heterocycles. The maximum absolute atomic E-state index is 12.9. The largest absolute Gasteiger partial charge is 0.469 e. The number of hydrogen-bond donors (Lipinski definition) is 1. The minimum Gasteiger partial charge on any atom is -0.469 e. The van der Waals surface area contributed by atoms with Crippen molar-refractivity contribution < 1.29 is 28.6 Å². The Hall–Kier alpha value is -2.22. The van der Waals surface area contributed by atoms with Crippen LogP contribution in [0.15, 0.2) is 16.1 Å². The second-order valence-corrected chi connectivity index (χ2v) is 10.2. The Kier molecular flexibility index (Phi) is 8.06. The van der Waals surface area contributed by atoms with Gasteiger partial charge < -0.3 is 19.5 Å². The lowest BCUT2D eigenvalue weighted by molar-refractivity contribution is -0.153. The number of amides is 1. The highest BCUT2D eigenvalue weighted by atomic mass is 16.5. The molecule has 0 aromatic carbocycles. The molecule has 34 heavy (non-hydrogen) atoms. The van der Waals surface area contributed by atoms with Crippen LogP contribution >= 0.6 is 0 Å². The lowest BCUT2D eigenvalue weighted by Crippen LogP contribution is -2.40. The summed E-state index contributed by atoms with van der Waals surface area (Å²) < 4.78 is 16.0. The van der Waals surface area contributed by atoms with Crippen LogP contribution in [0.3, 0.4) is 0 Å². The van der Waals surface area contributed by atoms with Crippen molar-refractivity contribution in [2.45, 2.75) is 77.2 Å². The summed E-state index contributed by atoms with van der Waals surface area (Å²) >= 11 is 0. The smallest absolute Gasteiger partial charge is 0.308 e. The maximum Gasteiger partial charge on any atom is 0.308 e. The topological polar surface area (TPSA) is 103 Å². The molecule has 1 saturated heterocycles. The van der Waals surface area contributed by atoms with E-state index in [1.165, 1.54) is 7.11 Å². The lowest BCUT2D eigenvalue weighted by atomic mass is 9.74.